The van der Waals surface area contributed by atoms with Crippen LogP contribution in [-0.2, 0) is 10.0 Å². The standard InChI is InChI=1S/C12H17F2N3O2S/c13-10-7-9(15)8-11(12(10)14)20(18,19)16-3-6-17-4-1-2-5-17/h7-8,16H,1-6,15H2. The van der Waals surface area contributed by atoms with Crippen molar-refractivity contribution in [2.45, 2.75) is 17.7 Å². The minimum Gasteiger partial charge on any atom is -0.399 e. The molecule has 0 spiro atoms. The highest BCUT2D eigenvalue weighted by Gasteiger charge is 2.22. The van der Waals surface area contributed by atoms with E-state index in [4.69, 9.17) is 5.73 Å². The molecule has 0 saturated carbocycles. The molecule has 1 fully saturated rings. The first-order chi connectivity index (χ1) is 9.40. The van der Waals surface area contributed by atoms with E-state index < -0.39 is 26.6 Å². The lowest BCUT2D eigenvalue weighted by Crippen LogP contribution is -2.34. The van der Waals surface area contributed by atoms with Crippen molar-refractivity contribution in [1.29, 1.82) is 0 Å². The first-order valence-corrected chi connectivity index (χ1v) is 7.85. The van der Waals surface area contributed by atoms with E-state index in [9.17, 15) is 17.2 Å². The third-order valence-electron chi connectivity index (χ3n) is 3.23. The number of halogens is 2. The first kappa shape index (κ1) is 15.1. The largest absolute Gasteiger partial charge is 0.399 e. The predicted molar refractivity (Wildman–Crippen MR) is 71.6 cm³/mol. The van der Waals surface area contributed by atoms with Crippen LogP contribution in [0.5, 0.6) is 0 Å². The van der Waals surface area contributed by atoms with Crippen molar-refractivity contribution in [2.24, 2.45) is 0 Å². The van der Waals surface area contributed by atoms with Gasteiger partial charge in [-0.25, -0.2) is 21.9 Å². The van der Waals surface area contributed by atoms with Gasteiger partial charge in [-0.2, -0.15) is 0 Å². The van der Waals surface area contributed by atoms with Gasteiger partial charge < -0.3 is 10.6 Å². The van der Waals surface area contributed by atoms with Gasteiger partial charge in [0.1, 0.15) is 4.90 Å². The summed E-state index contributed by atoms with van der Waals surface area (Å²) in [5.41, 5.74) is 5.21. The van der Waals surface area contributed by atoms with Gasteiger partial charge in [-0.05, 0) is 38.1 Å². The number of hydrogen-bond donors (Lipinski definition) is 2. The van der Waals surface area contributed by atoms with Crippen LogP contribution >= 0.6 is 0 Å². The maximum Gasteiger partial charge on any atom is 0.243 e. The van der Waals surface area contributed by atoms with Crippen LogP contribution in [0, 0.1) is 11.6 Å². The summed E-state index contributed by atoms with van der Waals surface area (Å²) in [7, 11) is -4.10. The monoisotopic (exact) mass is 305 g/mol. The molecule has 5 nitrogen and oxygen atoms in total. The second-order valence-corrected chi connectivity index (χ2v) is 6.50. The Kier molecular flexibility index (Phi) is 4.56. The molecule has 0 amide bonds. The van der Waals surface area contributed by atoms with Crippen molar-refractivity contribution in [3.63, 3.8) is 0 Å². The lowest BCUT2D eigenvalue weighted by atomic mass is 10.3. The van der Waals surface area contributed by atoms with Crippen molar-refractivity contribution < 1.29 is 17.2 Å². The predicted octanol–water partition coefficient (Wildman–Crippen LogP) is 0.921. The maximum atomic E-state index is 13.5. The highest BCUT2D eigenvalue weighted by Crippen LogP contribution is 2.20. The van der Waals surface area contributed by atoms with Gasteiger partial charge in [0, 0.05) is 18.8 Å². The van der Waals surface area contributed by atoms with E-state index >= 15 is 0 Å². The molecular formula is C12H17F2N3O2S. The number of anilines is 1. The number of sulfonamides is 1. The minimum atomic E-state index is -4.10. The van der Waals surface area contributed by atoms with Crippen LogP contribution in [0.1, 0.15) is 12.8 Å². The molecule has 3 N–H and O–H groups in total. The summed E-state index contributed by atoms with van der Waals surface area (Å²) in [6.45, 7) is 2.57. The summed E-state index contributed by atoms with van der Waals surface area (Å²) in [5.74, 6) is -2.68. The number of benzene rings is 1. The number of nitrogen functional groups attached to an aromatic ring is 1. The second-order valence-electron chi connectivity index (χ2n) is 4.76. The maximum absolute atomic E-state index is 13.5. The summed E-state index contributed by atoms with van der Waals surface area (Å²) in [6, 6.07) is 1.66. The van der Waals surface area contributed by atoms with Gasteiger partial charge in [0.2, 0.25) is 10.0 Å². The summed E-state index contributed by atoms with van der Waals surface area (Å²) < 4.78 is 52.9. The van der Waals surface area contributed by atoms with Crippen molar-refractivity contribution >= 4 is 15.7 Å². The normalized spacial score (nSPS) is 16.7. The smallest absolute Gasteiger partial charge is 0.243 e. The van der Waals surface area contributed by atoms with Gasteiger partial charge in [0.05, 0.1) is 0 Å². The fourth-order valence-electron chi connectivity index (χ4n) is 2.20. The zero-order valence-corrected chi connectivity index (χ0v) is 11.7. The number of nitrogens with one attached hydrogen (secondary N) is 1. The Labute approximate surface area is 116 Å². The molecule has 112 valence electrons. The van der Waals surface area contributed by atoms with E-state index in [1.807, 2.05) is 0 Å². The molecule has 0 aliphatic carbocycles. The molecule has 8 heteroatoms. The molecule has 20 heavy (non-hydrogen) atoms. The highest BCUT2D eigenvalue weighted by molar-refractivity contribution is 7.89. The summed E-state index contributed by atoms with van der Waals surface area (Å²) in [6.07, 6.45) is 2.20. The zero-order valence-electron chi connectivity index (χ0n) is 10.9. The van der Waals surface area contributed by atoms with E-state index in [0.717, 1.165) is 38.1 Å². The Morgan fingerprint density at radius 1 is 1.25 bits per heavy atom. The van der Waals surface area contributed by atoms with E-state index in [1.165, 1.54) is 0 Å². The summed E-state index contributed by atoms with van der Waals surface area (Å²) in [5, 5.41) is 0. The van der Waals surface area contributed by atoms with Crippen LogP contribution in [0.25, 0.3) is 0 Å². The quantitative estimate of drug-likeness (QED) is 0.793. The molecule has 0 atom stereocenters. The number of nitrogens with two attached hydrogens (primary N) is 1. The average molecular weight is 305 g/mol. The lowest BCUT2D eigenvalue weighted by molar-refractivity contribution is 0.344. The summed E-state index contributed by atoms with van der Waals surface area (Å²) in [4.78, 5) is 1.36. The fraction of sp³-hybridized carbons (Fsp3) is 0.500. The molecule has 1 aromatic rings. The van der Waals surface area contributed by atoms with Crippen LogP contribution in [-0.4, -0.2) is 39.5 Å². The molecule has 1 saturated heterocycles. The van der Waals surface area contributed by atoms with E-state index in [0.29, 0.717) is 6.54 Å². The molecule has 1 aromatic carbocycles. The number of nitrogens with zero attached hydrogens (tertiary/aromatic N) is 1. The third-order valence-corrected chi connectivity index (χ3v) is 4.69. The number of hydrogen-bond acceptors (Lipinski definition) is 4. The van der Waals surface area contributed by atoms with Gasteiger partial charge in [-0.1, -0.05) is 0 Å². The van der Waals surface area contributed by atoms with E-state index in [-0.39, 0.29) is 12.2 Å². The van der Waals surface area contributed by atoms with Crippen LogP contribution in [0.3, 0.4) is 0 Å². The average Bonchev–Trinajstić information content (AvgIpc) is 2.86. The Morgan fingerprint density at radius 2 is 1.90 bits per heavy atom. The number of likely N-dealkylation sites (tertiary alicyclic amines) is 1. The van der Waals surface area contributed by atoms with Crippen LogP contribution in [0.15, 0.2) is 17.0 Å². The molecule has 0 aromatic heterocycles. The molecule has 1 aliphatic heterocycles. The molecular weight excluding hydrogens is 288 g/mol. The van der Waals surface area contributed by atoms with Crippen LogP contribution in [0.4, 0.5) is 14.5 Å². The van der Waals surface area contributed by atoms with Gasteiger partial charge in [0.15, 0.2) is 11.6 Å². The topological polar surface area (TPSA) is 75.4 Å². The molecule has 2 rings (SSSR count). The second kappa shape index (κ2) is 6.02. The first-order valence-electron chi connectivity index (χ1n) is 6.37. The lowest BCUT2D eigenvalue weighted by Gasteiger charge is -2.15. The van der Waals surface area contributed by atoms with E-state index in [1.54, 1.807) is 0 Å². The molecule has 0 radical (unpaired) electrons. The Morgan fingerprint density at radius 3 is 2.55 bits per heavy atom. The molecule has 1 heterocycles. The van der Waals surface area contributed by atoms with Crippen LogP contribution < -0.4 is 10.5 Å². The molecule has 0 unspecified atom stereocenters. The van der Waals surface area contributed by atoms with Gasteiger partial charge >= 0.3 is 0 Å². The number of rotatable bonds is 5. The van der Waals surface area contributed by atoms with Gasteiger partial charge in [0.25, 0.3) is 0 Å². The molecule has 0 bridgehead atoms. The summed E-state index contributed by atoms with van der Waals surface area (Å²) >= 11 is 0. The van der Waals surface area contributed by atoms with Crippen molar-refractivity contribution in [1.82, 2.24) is 9.62 Å². The molecule has 1 aliphatic rings. The van der Waals surface area contributed by atoms with Crippen molar-refractivity contribution in [2.75, 3.05) is 31.9 Å². The zero-order chi connectivity index (χ0) is 14.8. The highest BCUT2D eigenvalue weighted by atomic mass is 32.2. The minimum absolute atomic E-state index is 0.135. The van der Waals surface area contributed by atoms with Gasteiger partial charge in [-0.3, -0.25) is 0 Å². The van der Waals surface area contributed by atoms with E-state index in [2.05, 4.69) is 9.62 Å². The van der Waals surface area contributed by atoms with Gasteiger partial charge in [-0.15, -0.1) is 0 Å². The van der Waals surface area contributed by atoms with Crippen molar-refractivity contribution in [3.05, 3.63) is 23.8 Å². The third kappa shape index (κ3) is 3.44. The Bertz CT molecular complexity index is 587. The van der Waals surface area contributed by atoms with Crippen LogP contribution in [0.2, 0.25) is 0 Å². The Balaban J connectivity index is 2.06. The Hall–Kier alpha value is -1.25. The van der Waals surface area contributed by atoms with Crippen molar-refractivity contribution in [3.8, 4) is 0 Å². The SMILES string of the molecule is Nc1cc(F)c(F)c(S(=O)(=O)NCCN2CCCC2)c1. The fourth-order valence-corrected chi connectivity index (χ4v) is 3.34.